The van der Waals surface area contributed by atoms with Gasteiger partial charge in [0.1, 0.15) is 17.6 Å². The summed E-state index contributed by atoms with van der Waals surface area (Å²) in [5.41, 5.74) is 3.53. The van der Waals surface area contributed by atoms with Gasteiger partial charge in [-0.05, 0) is 19.1 Å². The van der Waals surface area contributed by atoms with Crippen molar-refractivity contribution in [2.75, 3.05) is 50.5 Å². The van der Waals surface area contributed by atoms with E-state index < -0.39 is 6.04 Å². The molecule has 1 aliphatic heterocycles. The number of piperazine rings is 1. The fourth-order valence-corrected chi connectivity index (χ4v) is 3.95. The molecule has 4 rings (SSSR count). The lowest BCUT2D eigenvalue weighted by Gasteiger charge is -2.35. The summed E-state index contributed by atoms with van der Waals surface area (Å²) in [6.45, 7) is 5.64. The van der Waals surface area contributed by atoms with Gasteiger partial charge in [-0.25, -0.2) is 4.98 Å². The van der Waals surface area contributed by atoms with E-state index in [4.69, 9.17) is 4.98 Å². The molecule has 0 spiro atoms. The lowest BCUT2D eigenvalue weighted by Crippen LogP contribution is -2.53. The van der Waals surface area contributed by atoms with Crippen molar-refractivity contribution in [3.63, 3.8) is 0 Å². The number of hydrogen-bond acceptors (Lipinski definition) is 6. The second kappa shape index (κ2) is 8.86. The van der Waals surface area contributed by atoms with Gasteiger partial charge in [-0.2, -0.15) is 0 Å². The molecular formula is C23H29N7O2. The molecule has 168 valence electrons. The lowest BCUT2D eigenvalue weighted by molar-refractivity contribution is -0.138. The zero-order chi connectivity index (χ0) is 22.8. The predicted octanol–water partition coefficient (Wildman–Crippen LogP) is 1.95. The van der Waals surface area contributed by atoms with Crippen molar-refractivity contribution in [1.29, 1.82) is 0 Å². The minimum atomic E-state index is -0.452. The Labute approximate surface area is 187 Å². The van der Waals surface area contributed by atoms with Crippen molar-refractivity contribution in [2.45, 2.75) is 19.9 Å². The fraction of sp³-hybridized carbons (Fsp3) is 0.391. The van der Waals surface area contributed by atoms with Crippen LogP contribution in [0.3, 0.4) is 0 Å². The van der Waals surface area contributed by atoms with Crippen molar-refractivity contribution < 1.29 is 9.59 Å². The summed E-state index contributed by atoms with van der Waals surface area (Å²) in [7, 11) is 4.00. The first kappa shape index (κ1) is 21.6. The first-order chi connectivity index (χ1) is 15.3. The van der Waals surface area contributed by atoms with Crippen LogP contribution in [0.5, 0.6) is 0 Å². The highest BCUT2D eigenvalue weighted by molar-refractivity contribution is 5.87. The first-order valence-corrected chi connectivity index (χ1v) is 10.8. The summed E-state index contributed by atoms with van der Waals surface area (Å²) in [5, 5.41) is 3.39. The first-order valence-electron chi connectivity index (χ1n) is 10.8. The number of amides is 2. The summed E-state index contributed by atoms with van der Waals surface area (Å²) in [6, 6.07) is 7.70. The number of benzene rings is 1. The van der Waals surface area contributed by atoms with Gasteiger partial charge in [0.25, 0.3) is 0 Å². The summed E-state index contributed by atoms with van der Waals surface area (Å²) in [5.74, 6) is 0.807. The molecule has 9 heteroatoms. The van der Waals surface area contributed by atoms with Crippen molar-refractivity contribution >= 4 is 29.0 Å². The van der Waals surface area contributed by atoms with Crippen molar-refractivity contribution in [2.24, 2.45) is 0 Å². The molecule has 9 nitrogen and oxygen atoms in total. The average molecular weight is 436 g/mol. The van der Waals surface area contributed by atoms with Gasteiger partial charge >= 0.3 is 0 Å². The number of fused-ring (bicyclic) bond motifs is 1. The molecule has 1 saturated heterocycles. The Morgan fingerprint density at radius 2 is 1.72 bits per heavy atom. The second-order valence-corrected chi connectivity index (χ2v) is 8.25. The zero-order valence-corrected chi connectivity index (χ0v) is 18.9. The SMILES string of the molecule is CC(=O)N1CCN(C(=O)C(C)Nc2c(-c3ccc(N(C)C)cc3)nc3cnccn23)CC1. The molecule has 0 radical (unpaired) electrons. The molecule has 1 fully saturated rings. The number of nitrogens with one attached hydrogen (secondary N) is 1. The monoisotopic (exact) mass is 435 g/mol. The van der Waals surface area contributed by atoms with E-state index in [1.165, 1.54) is 0 Å². The molecule has 1 atom stereocenters. The smallest absolute Gasteiger partial charge is 0.244 e. The van der Waals surface area contributed by atoms with Crippen LogP contribution in [-0.2, 0) is 9.59 Å². The van der Waals surface area contributed by atoms with Crippen LogP contribution >= 0.6 is 0 Å². The highest BCUT2D eigenvalue weighted by Gasteiger charge is 2.27. The van der Waals surface area contributed by atoms with E-state index in [9.17, 15) is 9.59 Å². The van der Waals surface area contributed by atoms with E-state index in [0.717, 1.165) is 22.8 Å². The summed E-state index contributed by atoms with van der Waals surface area (Å²) in [4.78, 5) is 39.3. The Balaban J connectivity index is 1.59. The number of carbonyl (C=O) groups is 2. The molecule has 2 amide bonds. The van der Waals surface area contributed by atoms with Crippen LogP contribution in [0.25, 0.3) is 16.9 Å². The van der Waals surface area contributed by atoms with Crippen LogP contribution in [0.1, 0.15) is 13.8 Å². The maximum atomic E-state index is 13.1. The third-order valence-corrected chi connectivity index (χ3v) is 5.85. The van der Waals surface area contributed by atoms with Crippen LogP contribution in [-0.4, -0.2) is 82.3 Å². The molecule has 1 N–H and O–H groups in total. The zero-order valence-electron chi connectivity index (χ0n) is 18.9. The number of hydrogen-bond donors (Lipinski definition) is 1. The van der Waals surface area contributed by atoms with Crippen LogP contribution in [0, 0.1) is 0 Å². The Bertz CT molecular complexity index is 1120. The topological polar surface area (TPSA) is 86.1 Å². The van der Waals surface area contributed by atoms with E-state index in [2.05, 4.69) is 10.3 Å². The molecule has 0 bridgehead atoms. The van der Waals surface area contributed by atoms with Crippen molar-refractivity contribution in [3.05, 3.63) is 42.9 Å². The number of aromatic nitrogens is 3. The maximum Gasteiger partial charge on any atom is 0.244 e. The van der Waals surface area contributed by atoms with Gasteiger partial charge in [0.15, 0.2) is 5.65 Å². The minimum Gasteiger partial charge on any atom is -0.378 e. The third kappa shape index (κ3) is 4.23. The van der Waals surface area contributed by atoms with Gasteiger partial charge < -0.3 is 20.0 Å². The Kier molecular flexibility index (Phi) is 5.98. The summed E-state index contributed by atoms with van der Waals surface area (Å²) in [6.07, 6.45) is 5.24. The van der Waals surface area contributed by atoms with E-state index in [1.807, 2.05) is 65.7 Å². The van der Waals surface area contributed by atoms with Crippen LogP contribution < -0.4 is 10.2 Å². The van der Waals surface area contributed by atoms with Gasteiger partial charge in [0, 0.05) is 70.8 Å². The van der Waals surface area contributed by atoms with Crippen molar-refractivity contribution in [3.8, 4) is 11.3 Å². The fourth-order valence-electron chi connectivity index (χ4n) is 3.95. The average Bonchev–Trinajstić information content (AvgIpc) is 3.17. The Morgan fingerprint density at radius 1 is 1.06 bits per heavy atom. The summed E-state index contributed by atoms with van der Waals surface area (Å²) < 4.78 is 1.92. The molecule has 3 aromatic rings. The van der Waals surface area contributed by atoms with E-state index in [1.54, 1.807) is 24.2 Å². The normalized spacial score (nSPS) is 15.0. The van der Waals surface area contributed by atoms with Gasteiger partial charge in [0.05, 0.1) is 6.20 Å². The number of anilines is 2. The van der Waals surface area contributed by atoms with E-state index >= 15 is 0 Å². The van der Waals surface area contributed by atoms with Gasteiger partial charge in [-0.15, -0.1) is 0 Å². The molecule has 0 saturated carbocycles. The number of rotatable bonds is 5. The molecule has 0 aliphatic carbocycles. The highest BCUT2D eigenvalue weighted by Crippen LogP contribution is 2.30. The number of imidazole rings is 1. The standard InChI is InChI=1S/C23H29N7O2/c1-16(23(32)29-13-11-28(12-14-29)17(2)31)25-22-21(26-20-15-24-9-10-30(20)22)18-5-7-19(8-6-18)27(3)4/h5-10,15-16,25H,11-14H2,1-4H3. The van der Waals surface area contributed by atoms with Gasteiger partial charge in [-0.3, -0.25) is 19.0 Å². The Morgan fingerprint density at radius 3 is 2.34 bits per heavy atom. The molecule has 1 aliphatic rings. The van der Waals surface area contributed by atoms with Gasteiger partial charge in [-0.1, -0.05) is 12.1 Å². The quantitative estimate of drug-likeness (QED) is 0.659. The largest absolute Gasteiger partial charge is 0.378 e. The second-order valence-electron chi connectivity index (χ2n) is 8.25. The van der Waals surface area contributed by atoms with Crippen molar-refractivity contribution in [1.82, 2.24) is 24.2 Å². The van der Waals surface area contributed by atoms with Gasteiger partial charge in [0.2, 0.25) is 11.8 Å². The Hall–Kier alpha value is -3.62. The number of carbonyl (C=O) groups excluding carboxylic acids is 2. The van der Waals surface area contributed by atoms with Crippen LogP contribution in [0.2, 0.25) is 0 Å². The van der Waals surface area contributed by atoms with Crippen LogP contribution in [0.15, 0.2) is 42.9 Å². The highest BCUT2D eigenvalue weighted by atomic mass is 16.2. The van der Waals surface area contributed by atoms with E-state index in [-0.39, 0.29) is 11.8 Å². The predicted molar refractivity (Wildman–Crippen MR) is 125 cm³/mol. The lowest BCUT2D eigenvalue weighted by atomic mass is 10.1. The molecule has 32 heavy (non-hydrogen) atoms. The molecule has 1 unspecified atom stereocenters. The van der Waals surface area contributed by atoms with E-state index in [0.29, 0.717) is 31.8 Å². The number of nitrogens with zero attached hydrogens (tertiary/aromatic N) is 6. The molecule has 3 heterocycles. The summed E-state index contributed by atoms with van der Waals surface area (Å²) >= 11 is 0. The van der Waals surface area contributed by atoms with Crippen LogP contribution in [0.4, 0.5) is 11.5 Å². The third-order valence-electron chi connectivity index (χ3n) is 5.85. The maximum absolute atomic E-state index is 13.1. The minimum absolute atomic E-state index is 0.00566. The molecular weight excluding hydrogens is 406 g/mol. The molecule has 1 aromatic carbocycles. The molecule has 2 aromatic heterocycles.